The van der Waals surface area contributed by atoms with Crippen LogP contribution in [0.2, 0.25) is 0 Å². The summed E-state index contributed by atoms with van der Waals surface area (Å²) in [5.74, 6) is -0.0270. The largest absolute Gasteiger partial charge is 0.381 e. The summed E-state index contributed by atoms with van der Waals surface area (Å²) in [6.07, 6.45) is 3.25. The SMILES string of the molecule is O=C(N=S1(=O)CCC2(CC1)CN(C(=O)c1ccn[nH]1)CCO2)C1CCOC1. The molecule has 148 valence electrons. The lowest BCUT2D eigenvalue weighted by molar-refractivity contribution is -0.121. The van der Waals surface area contributed by atoms with E-state index in [1.54, 1.807) is 17.2 Å². The molecule has 1 aromatic rings. The van der Waals surface area contributed by atoms with Gasteiger partial charge in [0, 0.05) is 30.9 Å². The molecular formula is C17H24N4O5S. The van der Waals surface area contributed by atoms with Crippen molar-refractivity contribution in [2.45, 2.75) is 24.9 Å². The van der Waals surface area contributed by atoms with Crippen molar-refractivity contribution in [3.8, 4) is 0 Å². The van der Waals surface area contributed by atoms with Crippen LogP contribution in [-0.4, -0.2) is 81.1 Å². The minimum atomic E-state index is -2.56. The number of hydrogen-bond acceptors (Lipinski definition) is 6. The van der Waals surface area contributed by atoms with E-state index in [1.807, 2.05) is 0 Å². The normalized spacial score (nSPS) is 33.9. The van der Waals surface area contributed by atoms with Crippen molar-refractivity contribution in [2.24, 2.45) is 10.3 Å². The second kappa shape index (κ2) is 7.33. The van der Waals surface area contributed by atoms with Gasteiger partial charge in [-0.3, -0.25) is 14.7 Å². The van der Waals surface area contributed by atoms with Crippen LogP contribution in [0, 0.1) is 5.92 Å². The topological polar surface area (TPSA) is 114 Å². The van der Waals surface area contributed by atoms with Crippen LogP contribution in [0.25, 0.3) is 0 Å². The zero-order valence-electron chi connectivity index (χ0n) is 15.1. The molecular weight excluding hydrogens is 372 g/mol. The monoisotopic (exact) mass is 396 g/mol. The van der Waals surface area contributed by atoms with Crippen LogP contribution < -0.4 is 0 Å². The van der Waals surface area contributed by atoms with E-state index < -0.39 is 15.3 Å². The van der Waals surface area contributed by atoms with Crippen molar-refractivity contribution in [1.82, 2.24) is 15.1 Å². The highest BCUT2D eigenvalue weighted by molar-refractivity contribution is 7.93. The van der Waals surface area contributed by atoms with Crippen LogP contribution in [0.5, 0.6) is 0 Å². The number of ether oxygens (including phenoxy) is 2. The first-order valence-corrected chi connectivity index (χ1v) is 11.1. The van der Waals surface area contributed by atoms with Gasteiger partial charge in [0.05, 0.1) is 41.0 Å². The number of aromatic nitrogens is 2. The molecule has 3 saturated heterocycles. The minimum Gasteiger partial charge on any atom is -0.381 e. The van der Waals surface area contributed by atoms with Crippen LogP contribution in [0.4, 0.5) is 0 Å². The Labute approximate surface area is 158 Å². The molecule has 0 aliphatic carbocycles. The van der Waals surface area contributed by atoms with Crippen molar-refractivity contribution in [3.63, 3.8) is 0 Å². The van der Waals surface area contributed by atoms with Gasteiger partial charge < -0.3 is 14.4 Å². The molecule has 0 aromatic carbocycles. The standard InChI is InChI=1S/C17H24N4O5S/c22-15(13-2-7-25-11-13)20-27(24)9-3-17(4-10-27)12-21(6-8-26-17)16(23)14-1-5-18-19-14/h1,5,13H,2-4,6-12H2,(H,18,19). The number of carbonyl (C=O) groups is 2. The molecule has 3 fully saturated rings. The number of aromatic amines is 1. The highest BCUT2D eigenvalue weighted by Crippen LogP contribution is 2.32. The Kier molecular flexibility index (Phi) is 5.04. The quantitative estimate of drug-likeness (QED) is 0.776. The van der Waals surface area contributed by atoms with E-state index in [1.165, 1.54) is 0 Å². The van der Waals surface area contributed by atoms with Crippen molar-refractivity contribution < 1.29 is 23.3 Å². The number of nitrogens with zero attached hydrogens (tertiary/aromatic N) is 3. The summed E-state index contributed by atoms with van der Waals surface area (Å²) < 4.78 is 28.3. The number of hydrogen-bond donors (Lipinski definition) is 1. The highest BCUT2D eigenvalue weighted by Gasteiger charge is 2.43. The Morgan fingerprint density at radius 1 is 1.33 bits per heavy atom. The first-order valence-electron chi connectivity index (χ1n) is 9.25. The van der Waals surface area contributed by atoms with E-state index >= 15 is 0 Å². The minimum absolute atomic E-state index is 0.109. The van der Waals surface area contributed by atoms with Gasteiger partial charge in [-0.25, -0.2) is 4.21 Å². The maximum absolute atomic E-state index is 13.0. The van der Waals surface area contributed by atoms with E-state index in [9.17, 15) is 13.8 Å². The number of H-pyrrole nitrogens is 1. The maximum atomic E-state index is 13.0. The van der Waals surface area contributed by atoms with Crippen LogP contribution in [-0.2, 0) is 24.0 Å². The number of nitrogens with one attached hydrogen (secondary N) is 1. The Hall–Kier alpha value is -1.78. The Bertz CT molecular complexity index is 810. The number of morpholine rings is 1. The summed E-state index contributed by atoms with van der Waals surface area (Å²) >= 11 is 0. The molecule has 10 heteroatoms. The molecule has 1 atom stereocenters. The van der Waals surface area contributed by atoms with Crippen molar-refractivity contribution in [1.29, 1.82) is 0 Å². The molecule has 1 spiro atoms. The van der Waals surface area contributed by atoms with Crippen LogP contribution in [0.3, 0.4) is 0 Å². The van der Waals surface area contributed by atoms with Gasteiger partial charge in [0.1, 0.15) is 5.69 Å². The van der Waals surface area contributed by atoms with Gasteiger partial charge in [-0.05, 0) is 25.3 Å². The van der Waals surface area contributed by atoms with Gasteiger partial charge in [-0.2, -0.15) is 9.46 Å². The average Bonchev–Trinajstić information content (AvgIpc) is 3.38. The summed E-state index contributed by atoms with van der Waals surface area (Å²) in [5, 5.41) is 6.52. The maximum Gasteiger partial charge on any atom is 0.272 e. The molecule has 27 heavy (non-hydrogen) atoms. The predicted octanol–water partition coefficient (Wildman–Crippen LogP) is 0.446. The molecule has 0 bridgehead atoms. The highest BCUT2D eigenvalue weighted by atomic mass is 32.2. The number of carbonyl (C=O) groups excluding carboxylic acids is 2. The van der Waals surface area contributed by atoms with E-state index in [4.69, 9.17) is 9.47 Å². The number of rotatable bonds is 2. The Morgan fingerprint density at radius 3 is 2.81 bits per heavy atom. The zero-order valence-corrected chi connectivity index (χ0v) is 15.9. The van der Waals surface area contributed by atoms with E-state index in [-0.39, 0.29) is 17.7 Å². The third-order valence-corrected chi connectivity index (χ3v) is 7.75. The van der Waals surface area contributed by atoms with Crippen LogP contribution >= 0.6 is 0 Å². The first-order chi connectivity index (χ1) is 13.0. The lowest BCUT2D eigenvalue weighted by Gasteiger charge is -2.45. The molecule has 9 nitrogen and oxygen atoms in total. The number of amides is 2. The van der Waals surface area contributed by atoms with Crippen molar-refractivity contribution >= 4 is 21.5 Å². The van der Waals surface area contributed by atoms with Crippen molar-refractivity contribution in [3.05, 3.63) is 18.0 Å². The molecule has 1 N–H and O–H groups in total. The van der Waals surface area contributed by atoms with Gasteiger partial charge >= 0.3 is 0 Å². The van der Waals surface area contributed by atoms with E-state index in [0.29, 0.717) is 69.4 Å². The molecule has 1 unspecified atom stereocenters. The fraction of sp³-hybridized carbons (Fsp3) is 0.706. The molecule has 3 aliphatic rings. The smallest absolute Gasteiger partial charge is 0.272 e. The average molecular weight is 396 g/mol. The second-order valence-electron chi connectivity index (χ2n) is 7.40. The lowest BCUT2D eigenvalue weighted by atomic mass is 9.94. The summed E-state index contributed by atoms with van der Waals surface area (Å²) in [6.45, 7) is 2.33. The molecule has 4 rings (SSSR count). The third-order valence-electron chi connectivity index (χ3n) is 5.56. The summed E-state index contributed by atoms with van der Waals surface area (Å²) in [4.78, 5) is 26.6. The molecule has 3 aliphatic heterocycles. The summed E-state index contributed by atoms with van der Waals surface area (Å²) in [6, 6.07) is 1.65. The van der Waals surface area contributed by atoms with Crippen LogP contribution in [0.15, 0.2) is 16.6 Å². The van der Waals surface area contributed by atoms with E-state index in [0.717, 1.165) is 0 Å². The Balaban J connectivity index is 1.42. The molecule has 0 saturated carbocycles. The molecule has 1 aromatic heterocycles. The van der Waals surface area contributed by atoms with Gasteiger partial charge in [0.2, 0.25) is 0 Å². The van der Waals surface area contributed by atoms with Gasteiger partial charge in [-0.1, -0.05) is 0 Å². The lowest BCUT2D eigenvalue weighted by Crippen LogP contribution is -2.56. The molecule has 0 radical (unpaired) electrons. The van der Waals surface area contributed by atoms with Gasteiger partial charge in [-0.15, -0.1) is 0 Å². The summed E-state index contributed by atoms with van der Waals surface area (Å²) in [7, 11) is -2.56. The zero-order chi connectivity index (χ0) is 18.9. The van der Waals surface area contributed by atoms with Gasteiger partial charge in [0.15, 0.2) is 0 Å². The second-order valence-corrected chi connectivity index (χ2v) is 9.94. The third kappa shape index (κ3) is 3.92. The fourth-order valence-corrected chi connectivity index (χ4v) is 6.09. The van der Waals surface area contributed by atoms with Gasteiger partial charge in [0.25, 0.3) is 11.8 Å². The summed E-state index contributed by atoms with van der Waals surface area (Å²) in [5.41, 5.74) is -0.0600. The predicted molar refractivity (Wildman–Crippen MR) is 96.6 cm³/mol. The fourth-order valence-electron chi connectivity index (χ4n) is 3.84. The molecule has 2 amide bonds. The van der Waals surface area contributed by atoms with E-state index in [2.05, 4.69) is 14.6 Å². The molecule has 4 heterocycles. The Morgan fingerprint density at radius 2 is 2.15 bits per heavy atom. The first kappa shape index (κ1) is 18.6. The van der Waals surface area contributed by atoms with Crippen molar-refractivity contribution in [2.75, 3.05) is 44.4 Å². The van der Waals surface area contributed by atoms with Crippen LogP contribution in [0.1, 0.15) is 29.8 Å².